The van der Waals surface area contributed by atoms with E-state index in [0.717, 1.165) is 37.0 Å². The Morgan fingerprint density at radius 2 is 2.16 bits per heavy atom. The summed E-state index contributed by atoms with van der Waals surface area (Å²) in [6.07, 6.45) is 3.84. The third-order valence-electron chi connectivity index (χ3n) is 3.91. The Labute approximate surface area is 113 Å². The average molecular weight is 263 g/mol. The smallest absolute Gasteiger partial charge is 0.230 e. The number of ether oxygens (including phenoxy) is 1. The van der Waals surface area contributed by atoms with Crippen LogP contribution in [0.2, 0.25) is 0 Å². The molecule has 4 nitrogen and oxygen atoms in total. The number of aliphatic hydroxyl groups excluding tert-OH is 1. The van der Waals surface area contributed by atoms with Gasteiger partial charge in [0.15, 0.2) is 0 Å². The normalized spacial score (nSPS) is 17.2. The van der Waals surface area contributed by atoms with Crippen LogP contribution < -0.4 is 10.1 Å². The molecule has 1 aromatic rings. The summed E-state index contributed by atoms with van der Waals surface area (Å²) in [6, 6.07) is 7.75. The standard InChI is InChI=1S/C15H21NO3/c1-19-13-6-4-5-12(11-13)15(7-2-3-8-15)14(18)16-9-10-17/h4-6,11,17H,2-3,7-10H2,1H3,(H,16,18). The predicted molar refractivity (Wildman–Crippen MR) is 73.2 cm³/mol. The van der Waals surface area contributed by atoms with Gasteiger partial charge < -0.3 is 15.2 Å². The highest BCUT2D eigenvalue weighted by Crippen LogP contribution is 2.42. The molecule has 2 rings (SSSR count). The summed E-state index contributed by atoms with van der Waals surface area (Å²) >= 11 is 0. The molecule has 0 spiro atoms. The molecule has 1 saturated carbocycles. The number of amides is 1. The molecule has 0 heterocycles. The minimum atomic E-state index is -0.455. The van der Waals surface area contributed by atoms with Crippen molar-refractivity contribution in [1.82, 2.24) is 5.32 Å². The average Bonchev–Trinajstić information content (AvgIpc) is 2.95. The molecule has 0 bridgehead atoms. The molecular formula is C15H21NO3. The number of hydrogen-bond donors (Lipinski definition) is 2. The molecule has 1 aromatic carbocycles. The zero-order valence-corrected chi connectivity index (χ0v) is 11.3. The van der Waals surface area contributed by atoms with Crippen LogP contribution in [-0.2, 0) is 10.2 Å². The van der Waals surface area contributed by atoms with E-state index >= 15 is 0 Å². The van der Waals surface area contributed by atoms with E-state index in [1.165, 1.54) is 0 Å². The van der Waals surface area contributed by atoms with E-state index < -0.39 is 5.41 Å². The van der Waals surface area contributed by atoms with Gasteiger partial charge in [0.1, 0.15) is 5.75 Å². The highest BCUT2D eigenvalue weighted by Gasteiger charge is 2.42. The minimum absolute atomic E-state index is 0.0207. The second-order valence-electron chi connectivity index (χ2n) is 5.00. The fraction of sp³-hybridized carbons (Fsp3) is 0.533. The monoisotopic (exact) mass is 263 g/mol. The molecule has 0 aromatic heterocycles. The molecule has 1 aliphatic rings. The Balaban J connectivity index is 2.30. The van der Waals surface area contributed by atoms with Crippen molar-refractivity contribution in [2.24, 2.45) is 0 Å². The Morgan fingerprint density at radius 3 is 2.79 bits per heavy atom. The van der Waals surface area contributed by atoms with Crippen LogP contribution in [0.1, 0.15) is 31.2 Å². The van der Waals surface area contributed by atoms with Crippen molar-refractivity contribution in [3.8, 4) is 5.75 Å². The van der Waals surface area contributed by atoms with Crippen LogP contribution in [0.3, 0.4) is 0 Å². The van der Waals surface area contributed by atoms with Crippen LogP contribution in [0, 0.1) is 0 Å². The molecular weight excluding hydrogens is 242 g/mol. The first-order valence-corrected chi connectivity index (χ1v) is 6.76. The number of rotatable bonds is 5. The van der Waals surface area contributed by atoms with Crippen molar-refractivity contribution in [3.05, 3.63) is 29.8 Å². The lowest BCUT2D eigenvalue weighted by Crippen LogP contribution is -2.43. The maximum atomic E-state index is 12.5. The van der Waals surface area contributed by atoms with Crippen LogP contribution in [0.25, 0.3) is 0 Å². The van der Waals surface area contributed by atoms with Gasteiger partial charge in [-0.25, -0.2) is 0 Å². The van der Waals surface area contributed by atoms with Crippen molar-refractivity contribution >= 4 is 5.91 Å². The summed E-state index contributed by atoms with van der Waals surface area (Å²) in [5.41, 5.74) is 0.559. The summed E-state index contributed by atoms with van der Waals surface area (Å²) in [7, 11) is 1.63. The third-order valence-corrected chi connectivity index (χ3v) is 3.91. The second-order valence-corrected chi connectivity index (χ2v) is 5.00. The van der Waals surface area contributed by atoms with Gasteiger partial charge in [0.05, 0.1) is 19.1 Å². The maximum absolute atomic E-state index is 12.5. The van der Waals surface area contributed by atoms with Gasteiger partial charge in [-0.1, -0.05) is 25.0 Å². The largest absolute Gasteiger partial charge is 0.497 e. The number of hydrogen-bond acceptors (Lipinski definition) is 3. The fourth-order valence-electron chi connectivity index (χ4n) is 2.88. The zero-order valence-electron chi connectivity index (χ0n) is 11.3. The van der Waals surface area contributed by atoms with E-state index in [1.807, 2.05) is 24.3 Å². The highest BCUT2D eigenvalue weighted by atomic mass is 16.5. The van der Waals surface area contributed by atoms with Gasteiger partial charge in [0.25, 0.3) is 0 Å². The summed E-state index contributed by atoms with van der Waals surface area (Å²) in [4.78, 5) is 12.5. The summed E-state index contributed by atoms with van der Waals surface area (Å²) < 4.78 is 5.25. The van der Waals surface area contributed by atoms with Gasteiger partial charge in [-0.3, -0.25) is 4.79 Å². The summed E-state index contributed by atoms with van der Waals surface area (Å²) in [5, 5.41) is 11.7. The molecule has 19 heavy (non-hydrogen) atoms. The highest BCUT2D eigenvalue weighted by molar-refractivity contribution is 5.88. The van der Waals surface area contributed by atoms with Crippen LogP contribution in [-0.4, -0.2) is 31.3 Å². The van der Waals surface area contributed by atoms with E-state index in [2.05, 4.69) is 5.32 Å². The van der Waals surface area contributed by atoms with Gasteiger partial charge in [-0.2, -0.15) is 0 Å². The first kappa shape index (κ1) is 13.9. The van der Waals surface area contributed by atoms with E-state index in [-0.39, 0.29) is 12.5 Å². The van der Waals surface area contributed by atoms with Crippen molar-refractivity contribution < 1.29 is 14.6 Å². The third kappa shape index (κ3) is 2.73. The number of carbonyl (C=O) groups excluding carboxylic acids is 1. The van der Waals surface area contributed by atoms with E-state index in [9.17, 15) is 4.79 Å². The maximum Gasteiger partial charge on any atom is 0.230 e. The molecule has 1 aliphatic carbocycles. The van der Waals surface area contributed by atoms with Crippen LogP contribution in [0.4, 0.5) is 0 Å². The SMILES string of the molecule is COc1cccc(C2(C(=O)NCCO)CCCC2)c1. The molecule has 0 saturated heterocycles. The first-order chi connectivity index (χ1) is 9.23. The number of methoxy groups -OCH3 is 1. The predicted octanol–water partition coefficient (Wildman–Crippen LogP) is 1.62. The van der Waals surface area contributed by atoms with E-state index in [4.69, 9.17) is 9.84 Å². The van der Waals surface area contributed by atoms with Crippen LogP contribution in [0.15, 0.2) is 24.3 Å². The first-order valence-electron chi connectivity index (χ1n) is 6.76. The summed E-state index contributed by atoms with van der Waals surface area (Å²) in [5.74, 6) is 0.797. The van der Waals surface area contributed by atoms with Crippen LogP contribution >= 0.6 is 0 Å². The van der Waals surface area contributed by atoms with Crippen molar-refractivity contribution in [1.29, 1.82) is 0 Å². The second kappa shape index (κ2) is 6.06. The molecule has 2 N–H and O–H groups in total. The Morgan fingerprint density at radius 1 is 1.42 bits per heavy atom. The van der Waals surface area contributed by atoms with Crippen molar-refractivity contribution in [2.45, 2.75) is 31.1 Å². The summed E-state index contributed by atoms with van der Waals surface area (Å²) in [6.45, 7) is 0.282. The van der Waals surface area contributed by atoms with Gasteiger partial charge >= 0.3 is 0 Å². The molecule has 0 aliphatic heterocycles. The zero-order chi connectivity index (χ0) is 13.7. The molecule has 1 fully saturated rings. The van der Waals surface area contributed by atoms with Gasteiger partial charge in [-0.15, -0.1) is 0 Å². The number of benzene rings is 1. The molecule has 1 amide bonds. The molecule has 0 unspecified atom stereocenters. The quantitative estimate of drug-likeness (QED) is 0.848. The van der Waals surface area contributed by atoms with Crippen molar-refractivity contribution in [3.63, 3.8) is 0 Å². The van der Waals surface area contributed by atoms with Gasteiger partial charge in [-0.05, 0) is 30.5 Å². The van der Waals surface area contributed by atoms with Crippen LogP contribution in [0.5, 0.6) is 5.75 Å². The molecule has 0 radical (unpaired) electrons. The van der Waals surface area contributed by atoms with E-state index in [1.54, 1.807) is 7.11 Å². The topological polar surface area (TPSA) is 58.6 Å². The minimum Gasteiger partial charge on any atom is -0.497 e. The Kier molecular flexibility index (Phi) is 4.43. The molecule has 0 atom stereocenters. The number of nitrogens with one attached hydrogen (secondary N) is 1. The lowest BCUT2D eigenvalue weighted by atomic mass is 9.78. The lowest BCUT2D eigenvalue weighted by molar-refractivity contribution is -0.126. The number of carbonyl (C=O) groups is 1. The van der Waals surface area contributed by atoms with Gasteiger partial charge in [0.2, 0.25) is 5.91 Å². The number of aliphatic hydroxyl groups is 1. The molecule has 104 valence electrons. The fourth-order valence-corrected chi connectivity index (χ4v) is 2.88. The van der Waals surface area contributed by atoms with Gasteiger partial charge in [0, 0.05) is 6.54 Å². The van der Waals surface area contributed by atoms with E-state index in [0.29, 0.717) is 6.54 Å². The molecule has 4 heteroatoms. The van der Waals surface area contributed by atoms with Crippen molar-refractivity contribution in [2.75, 3.05) is 20.3 Å². The Bertz CT molecular complexity index is 439. The Hall–Kier alpha value is -1.55. The lowest BCUT2D eigenvalue weighted by Gasteiger charge is -2.28.